The summed E-state index contributed by atoms with van der Waals surface area (Å²) in [5.41, 5.74) is -1.27. The van der Waals surface area contributed by atoms with Crippen molar-refractivity contribution >= 4 is 25.5 Å². The smallest absolute Gasteiger partial charge is 0.416 e. The maximum atomic E-state index is 13.6. The van der Waals surface area contributed by atoms with E-state index in [2.05, 4.69) is 0 Å². The highest BCUT2D eigenvalue weighted by Crippen LogP contribution is 2.51. The van der Waals surface area contributed by atoms with Crippen LogP contribution in [-0.4, -0.2) is 67.7 Å². The van der Waals surface area contributed by atoms with Gasteiger partial charge in [0, 0.05) is 0 Å². The Hall–Kier alpha value is -4.07. The Morgan fingerprint density at radius 1 is 0.735 bits per heavy atom. The molecule has 0 unspecified atom stereocenters. The monoisotopic (exact) mass is 708 g/mol. The first-order valence-electron chi connectivity index (χ1n) is 15.2. The summed E-state index contributed by atoms with van der Waals surface area (Å²) >= 11 is 0. The van der Waals surface area contributed by atoms with Gasteiger partial charge in [-0.15, -0.1) is 0 Å². The van der Waals surface area contributed by atoms with Crippen molar-refractivity contribution < 1.29 is 64.9 Å². The van der Waals surface area contributed by atoms with Crippen LogP contribution in [0.3, 0.4) is 0 Å². The molecule has 1 fully saturated rings. The molecule has 49 heavy (non-hydrogen) atoms. The summed E-state index contributed by atoms with van der Waals surface area (Å²) in [5.74, 6) is -2.87. The Balaban J connectivity index is 1.68. The third-order valence-electron chi connectivity index (χ3n) is 6.72. The highest BCUT2D eigenvalue weighted by molar-refractivity contribution is 7.53. The maximum Gasteiger partial charge on any atom is 0.416 e. The van der Waals surface area contributed by atoms with Crippen LogP contribution in [0.2, 0.25) is 0 Å². The van der Waals surface area contributed by atoms with Gasteiger partial charge in [0.05, 0.1) is 34.5 Å². The number of ether oxygens (including phenoxy) is 5. The van der Waals surface area contributed by atoms with Gasteiger partial charge in [0.2, 0.25) is 0 Å². The molecule has 0 saturated carbocycles. The average Bonchev–Trinajstić information content (AvgIpc) is 3.37. The minimum absolute atomic E-state index is 0.107. The second-order valence-electron chi connectivity index (χ2n) is 11.4. The van der Waals surface area contributed by atoms with Crippen LogP contribution in [0, 0.1) is 0 Å². The molecular formula is C34H36F3O11P. The molecule has 3 aromatic rings. The predicted molar refractivity (Wildman–Crippen MR) is 168 cm³/mol. The Morgan fingerprint density at radius 3 is 1.80 bits per heavy atom. The quantitative estimate of drug-likeness (QED) is 0.0969. The van der Waals surface area contributed by atoms with E-state index < -0.39 is 92.6 Å². The van der Waals surface area contributed by atoms with Crippen molar-refractivity contribution in [3.63, 3.8) is 0 Å². The van der Waals surface area contributed by atoms with E-state index in [1.807, 2.05) is 0 Å². The molecule has 0 N–H and O–H groups in total. The van der Waals surface area contributed by atoms with Gasteiger partial charge in [-0.3, -0.25) is 4.57 Å². The Morgan fingerprint density at radius 2 is 1.24 bits per heavy atom. The molecule has 264 valence electrons. The fraction of sp³-hybridized carbons (Fsp3) is 0.382. The van der Waals surface area contributed by atoms with E-state index in [1.54, 1.807) is 64.1 Å². The topological polar surface area (TPSA) is 133 Å². The van der Waals surface area contributed by atoms with Gasteiger partial charge in [0.15, 0.2) is 24.8 Å². The summed E-state index contributed by atoms with van der Waals surface area (Å²) in [6.45, 7) is 5.95. The van der Waals surface area contributed by atoms with Crippen molar-refractivity contribution in [2.75, 3.05) is 13.0 Å². The summed E-state index contributed by atoms with van der Waals surface area (Å²) in [6, 6.07) is 19.2. The molecule has 0 radical (unpaired) electrons. The van der Waals surface area contributed by atoms with Crippen LogP contribution in [0.4, 0.5) is 13.2 Å². The lowest BCUT2D eigenvalue weighted by atomic mass is 10.1. The molecule has 3 aromatic carbocycles. The van der Waals surface area contributed by atoms with Gasteiger partial charge in [-0.25, -0.2) is 14.4 Å². The van der Waals surface area contributed by atoms with Gasteiger partial charge >= 0.3 is 31.7 Å². The summed E-state index contributed by atoms with van der Waals surface area (Å²) in [7, 11) is -3.97. The number of esters is 3. The molecule has 1 heterocycles. The molecule has 0 amide bonds. The molecule has 15 heteroatoms. The van der Waals surface area contributed by atoms with Gasteiger partial charge in [-0.2, -0.15) is 13.2 Å². The zero-order valence-electron chi connectivity index (χ0n) is 27.0. The fourth-order valence-corrected chi connectivity index (χ4v) is 6.50. The second kappa shape index (κ2) is 16.6. The van der Waals surface area contributed by atoms with E-state index in [1.165, 1.54) is 24.3 Å². The van der Waals surface area contributed by atoms with Crippen LogP contribution in [0.25, 0.3) is 0 Å². The van der Waals surface area contributed by atoms with E-state index in [0.29, 0.717) is 6.07 Å². The van der Waals surface area contributed by atoms with Gasteiger partial charge in [0.1, 0.15) is 12.7 Å². The highest BCUT2D eigenvalue weighted by Gasteiger charge is 2.52. The summed E-state index contributed by atoms with van der Waals surface area (Å²) in [5, 5.41) is 0. The molecule has 4 rings (SSSR count). The lowest BCUT2D eigenvalue weighted by Gasteiger charge is -2.26. The van der Waals surface area contributed by atoms with Crippen molar-refractivity contribution in [2.45, 2.75) is 70.7 Å². The normalized spacial score (nSPS) is 19.5. The van der Waals surface area contributed by atoms with Crippen LogP contribution in [0.1, 0.15) is 64.3 Å². The molecule has 0 spiro atoms. The summed E-state index contributed by atoms with van der Waals surface area (Å²) < 4.78 is 93.5. The molecular weight excluding hydrogens is 672 g/mol. The van der Waals surface area contributed by atoms with Gasteiger partial charge in [0.25, 0.3) is 0 Å². The summed E-state index contributed by atoms with van der Waals surface area (Å²) in [6.07, 6.45) is -12.8. The molecule has 1 aliphatic heterocycles. The number of alkyl halides is 3. The van der Waals surface area contributed by atoms with Crippen molar-refractivity contribution in [2.24, 2.45) is 0 Å². The van der Waals surface area contributed by atoms with Gasteiger partial charge in [-0.05, 0) is 70.2 Å². The number of hydrogen-bond acceptors (Lipinski definition) is 11. The Bertz CT molecular complexity index is 1600. The zero-order valence-corrected chi connectivity index (χ0v) is 27.9. The molecule has 0 aliphatic carbocycles. The molecule has 1 aliphatic rings. The third kappa shape index (κ3) is 10.7. The lowest BCUT2D eigenvalue weighted by molar-refractivity contribution is -0.163. The van der Waals surface area contributed by atoms with Crippen LogP contribution in [-0.2, 0) is 43.5 Å². The largest absolute Gasteiger partial charge is 0.459 e. The highest BCUT2D eigenvalue weighted by atomic mass is 31.2. The minimum atomic E-state index is -4.76. The van der Waals surface area contributed by atoms with Crippen molar-refractivity contribution in [1.29, 1.82) is 0 Å². The van der Waals surface area contributed by atoms with Gasteiger partial charge < -0.3 is 32.7 Å². The summed E-state index contributed by atoms with van der Waals surface area (Å²) in [4.78, 5) is 39.4. The predicted octanol–water partition coefficient (Wildman–Crippen LogP) is 7.06. The molecule has 0 aromatic heterocycles. The molecule has 1 saturated heterocycles. The molecule has 4 atom stereocenters. The lowest BCUT2D eigenvalue weighted by Crippen LogP contribution is -2.42. The number of carbonyl (C=O) groups is 3. The van der Waals surface area contributed by atoms with E-state index in [-0.39, 0.29) is 11.1 Å². The number of benzene rings is 3. The standard InChI is InChI=1S/C34H36F3O11P/c1-21(2)47-49(41,48-22(3)4)20-43-33-29(46-32(40)25-16-11-17-26(18-25)34(35,36)37)28(45-31(39)24-14-9-6-10-15-24)27(44-33)19-42-30(38)23-12-7-5-8-13-23/h5-18,21-22,27-29,33H,19-20H2,1-4H3/t27-,28-,29-,33-/m1/s1. The fourth-order valence-electron chi connectivity index (χ4n) is 4.72. The molecule has 11 nitrogen and oxygen atoms in total. The Kier molecular flexibility index (Phi) is 12.8. The van der Waals surface area contributed by atoms with Crippen molar-refractivity contribution in [1.82, 2.24) is 0 Å². The molecule has 0 bridgehead atoms. The first-order chi connectivity index (χ1) is 23.1. The number of rotatable bonds is 14. The Labute approximate surface area is 281 Å². The van der Waals surface area contributed by atoms with E-state index in [4.69, 9.17) is 32.7 Å². The first kappa shape index (κ1) is 37.7. The van der Waals surface area contributed by atoms with Crippen LogP contribution in [0.5, 0.6) is 0 Å². The van der Waals surface area contributed by atoms with Crippen LogP contribution in [0.15, 0.2) is 84.9 Å². The van der Waals surface area contributed by atoms with Crippen LogP contribution >= 0.6 is 7.60 Å². The zero-order chi connectivity index (χ0) is 35.8. The van der Waals surface area contributed by atoms with E-state index in [0.717, 1.165) is 18.2 Å². The van der Waals surface area contributed by atoms with Crippen molar-refractivity contribution in [3.05, 3.63) is 107 Å². The number of carbonyl (C=O) groups excluding carboxylic acids is 3. The minimum Gasteiger partial charge on any atom is -0.459 e. The third-order valence-corrected chi connectivity index (χ3v) is 8.67. The van der Waals surface area contributed by atoms with Crippen LogP contribution < -0.4 is 0 Å². The van der Waals surface area contributed by atoms with E-state index >= 15 is 0 Å². The maximum absolute atomic E-state index is 13.6. The van der Waals surface area contributed by atoms with Crippen molar-refractivity contribution in [3.8, 4) is 0 Å². The van der Waals surface area contributed by atoms with Gasteiger partial charge in [-0.1, -0.05) is 42.5 Å². The average molecular weight is 709 g/mol. The van der Waals surface area contributed by atoms with E-state index in [9.17, 15) is 32.1 Å². The SMILES string of the molecule is CC(C)OP(=O)(CO[C@@H]1O[C@H](COC(=O)c2ccccc2)[C@@H](OC(=O)c2ccccc2)[C@H]1OC(=O)c1cccc(C(F)(F)F)c1)OC(C)C. The second-order valence-corrected chi connectivity index (χ2v) is 13.3. The first-order valence-corrected chi connectivity index (χ1v) is 17.0. The number of halogens is 3. The number of hydrogen-bond donors (Lipinski definition) is 0.